The molecule has 0 fully saturated rings. The molecule has 7 nitrogen and oxygen atoms in total. The number of hydrogen-bond donors (Lipinski definition) is 1. The lowest BCUT2D eigenvalue weighted by Crippen LogP contribution is -2.52. The van der Waals surface area contributed by atoms with Crippen molar-refractivity contribution in [2.45, 2.75) is 57.6 Å². The van der Waals surface area contributed by atoms with Crippen molar-refractivity contribution in [3.05, 3.63) is 95.0 Å². The number of nitrogens with zero attached hydrogens (tertiary/aromatic N) is 2. The highest BCUT2D eigenvalue weighted by molar-refractivity contribution is 7.92. The highest BCUT2D eigenvalue weighted by Crippen LogP contribution is 2.30. The van der Waals surface area contributed by atoms with Crippen molar-refractivity contribution in [2.24, 2.45) is 0 Å². The van der Waals surface area contributed by atoms with Crippen LogP contribution in [0, 0.1) is 6.92 Å². The quantitative estimate of drug-likeness (QED) is 0.353. The average Bonchev–Trinajstić information content (AvgIpc) is 2.90. The van der Waals surface area contributed by atoms with Crippen molar-refractivity contribution in [1.82, 2.24) is 10.2 Å². The van der Waals surface area contributed by atoms with E-state index in [2.05, 4.69) is 5.32 Å². The van der Waals surface area contributed by atoms with E-state index in [1.54, 1.807) is 49.4 Å². The minimum atomic E-state index is -4.15. The molecule has 0 aliphatic heterocycles. The van der Waals surface area contributed by atoms with Gasteiger partial charge in [0.25, 0.3) is 10.0 Å². The Morgan fingerprint density at radius 3 is 2.24 bits per heavy atom. The van der Waals surface area contributed by atoms with Crippen LogP contribution >= 0.6 is 11.6 Å². The first-order chi connectivity index (χ1) is 18.0. The SMILES string of the molecule is CCC(C)NC(=O)C(C)N(Cc1cccc(C)c1)C(=O)CN(c1ccccc1Cl)S(=O)(=O)c1ccccc1. The van der Waals surface area contributed by atoms with E-state index < -0.39 is 28.5 Å². The van der Waals surface area contributed by atoms with E-state index in [9.17, 15) is 18.0 Å². The molecule has 202 valence electrons. The minimum Gasteiger partial charge on any atom is -0.352 e. The zero-order valence-corrected chi connectivity index (χ0v) is 23.7. The second-order valence-electron chi connectivity index (χ2n) is 9.28. The van der Waals surface area contributed by atoms with Crippen molar-refractivity contribution < 1.29 is 18.0 Å². The molecule has 1 N–H and O–H groups in total. The van der Waals surface area contributed by atoms with Crippen LogP contribution in [0.1, 0.15) is 38.3 Å². The maximum Gasteiger partial charge on any atom is 0.264 e. The molecule has 0 aromatic heterocycles. The fraction of sp³-hybridized carbons (Fsp3) is 0.310. The molecule has 3 aromatic carbocycles. The van der Waals surface area contributed by atoms with Gasteiger partial charge in [0, 0.05) is 12.6 Å². The lowest BCUT2D eigenvalue weighted by atomic mass is 10.1. The maximum absolute atomic E-state index is 13.9. The standard InChI is InChI=1S/C29H34ClN3O4S/c1-5-22(3)31-29(35)23(4)32(19-24-13-11-12-21(2)18-24)28(34)20-33(27-17-10-9-16-26(27)30)38(36,37)25-14-7-6-8-15-25/h6-18,22-23H,5,19-20H2,1-4H3,(H,31,35). The van der Waals surface area contributed by atoms with Gasteiger partial charge in [0.15, 0.2) is 0 Å². The Morgan fingerprint density at radius 2 is 1.61 bits per heavy atom. The number of amides is 2. The Hall–Kier alpha value is -3.36. The molecule has 0 aliphatic carbocycles. The number of benzene rings is 3. The predicted molar refractivity (Wildman–Crippen MR) is 152 cm³/mol. The summed E-state index contributed by atoms with van der Waals surface area (Å²) in [4.78, 5) is 28.4. The molecule has 3 aromatic rings. The number of nitrogens with one attached hydrogen (secondary N) is 1. The van der Waals surface area contributed by atoms with Crippen LogP contribution in [-0.4, -0.2) is 43.8 Å². The Morgan fingerprint density at radius 1 is 0.947 bits per heavy atom. The Bertz CT molecular complexity index is 1370. The molecule has 0 saturated heterocycles. The number of halogens is 1. The molecule has 0 radical (unpaired) electrons. The third-order valence-corrected chi connectivity index (χ3v) is 8.43. The van der Waals surface area contributed by atoms with Gasteiger partial charge in [-0.3, -0.25) is 13.9 Å². The fourth-order valence-electron chi connectivity index (χ4n) is 3.94. The highest BCUT2D eigenvalue weighted by atomic mass is 35.5. The number of aryl methyl sites for hydroxylation is 1. The molecule has 0 heterocycles. The van der Waals surface area contributed by atoms with Crippen LogP contribution in [0.3, 0.4) is 0 Å². The number of carbonyl (C=O) groups is 2. The molecule has 9 heteroatoms. The number of carbonyl (C=O) groups excluding carboxylic acids is 2. The van der Waals surface area contributed by atoms with E-state index in [1.165, 1.54) is 17.0 Å². The molecule has 0 spiro atoms. The van der Waals surface area contributed by atoms with E-state index in [0.29, 0.717) is 0 Å². The first kappa shape index (κ1) is 29.2. The normalized spacial score (nSPS) is 12.9. The largest absolute Gasteiger partial charge is 0.352 e. The summed E-state index contributed by atoms with van der Waals surface area (Å²) in [5, 5.41) is 3.11. The van der Waals surface area contributed by atoms with Gasteiger partial charge in [0.05, 0.1) is 15.6 Å². The average molecular weight is 556 g/mol. The number of rotatable bonds is 11. The lowest BCUT2D eigenvalue weighted by molar-refractivity contribution is -0.139. The van der Waals surface area contributed by atoms with Gasteiger partial charge >= 0.3 is 0 Å². The van der Waals surface area contributed by atoms with Crippen LogP contribution in [0.15, 0.2) is 83.8 Å². The summed E-state index contributed by atoms with van der Waals surface area (Å²) >= 11 is 6.41. The van der Waals surface area contributed by atoms with Crippen LogP contribution in [0.25, 0.3) is 0 Å². The monoisotopic (exact) mass is 555 g/mol. The fourth-order valence-corrected chi connectivity index (χ4v) is 5.68. The van der Waals surface area contributed by atoms with Crippen molar-refractivity contribution >= 4 is 39.1 Å². The summed E-state index contributed by atoms with van der Waals surface area (Å²) in [6.07, 6.45) is 0.736. The molecule has 3 rings (SSSR count). The van der Waals surface area contributed by atoms with Crippen LogP contribution in [0.4, 0.5) is 5.69 Å². The minimum absolute atomic E-state index is 0.0283. The number of anilines is 1. The second kappa shape index (κ2) is 12.9. The molecular weight excluding hydrogens is 522 g/mol. The lowest BCUT2D eigenvalue weighted by Gasteiger charge is -2.32. The van der Waals surface area contributed by atoms with Crippen molar-refractivity contribution in [3.8, 4) is 0 Å². The van der Waals surface area contributed by atoms with Gasteiger partial charge in [-0.1, -0.05) is 78.7 Å². The zero-order chi connectivity index (χ0) is 27.9. The van der Waals surface area contributed by atoms with Crippen LogP contribution in [-0.2, 0) is 26.2 Å². The maximum atomic E-state index is 13.9. The predicted octanol–water partition coefficient (Wildman–Crippen LogP) is 5.18. The first-order valence-electron chi connectivity index (χ1n) is 12.5. The summed E-state index contributed by atoms with van der Waals surface area (Å²) in [7, 11) is -4.15. The smallest absolute Gasteiger partial charge is 0.264 e. The van der Waals surface area contributed by atoms with Gasteiger partial charge in [0.1, 0.15) is 12.6 Å². The first-order valence-corrected chi connectivity index (χ1v) is 14.3. The third-order valence-electron chi connectivity index (χ3n) is 6.33. The Balaban J connectivity index is 2.03. The molecule has 0 saturated carbocycles. The van der Waals surface area contributed by atoms with Crippen LogP contribution < -0.4 is 9.62 Å². The van der Waals surface area contributed by atoms with Crippen LogP contribution in [0.2, 0.25) is 5.02 Å². The molecule has 2 atom stereocenters. The van der Waals surface area contributed by atoms with Gasteiger partial charge < -0.3 is 10.2 Å². The summed E-state index contributed by atoms with van der Waals surface area (Å²) in [6.45, 7) is 7.05. The molecule has 2 unspecified atom stereocenters. The van der Waals surface area contributed by atoms with Gasteiger partial charge in [-0.25, -0.2) is 8.42 Å². The molecule has 0 bridgehead atoms. The summed E-state index contributed by atoms with van der Waals surface area (Å²) < 4.78 is 28.5. The number of sulfonamides is 1. The topological polar surface area (TPSA) is 86.8 Å². The van der Waals surface area contributed by atoms with E-state index in [-0.39, 0.29) is 34.1 Å². The van der Waals surface area contributed by atoms with E-state index in [4.69, 9.17) is 11.6 Å². The van der Waals surface area contributed by atoms with E-state index >= 15 is 0 Å². The summed E-state index contributed by atoms with van der Waals surface area (Å²) in [6, 6.07) is 21.1. The molecule has 0 aliphatic rings. The molecule has 2 amide bonds. The molecular formula is C29H34ClN3O4S. The van der Waals surface area contributed by atoms with Gasteiger partial charge in [-0.2, -0.15) is 0 Å². The third kappa shape index (κ3) is 7.14. The Kier molecular flexibility index (Phi) is 9.94. The van der Waals surface area contributed by atoms with Crippen molar-refractivity contribution in [3.63, 3.8) is 0 Å². The highest BCUT2D eigenvalue weighted by Gasteiger charge is 2.33. The Labute approximate surface area is 230 Å². The summed E-state index contributed by atoms with van der Waals surface area (Å²) in [5.41, 5.74) is 2.02. The van der Waals surface area contributed by atoms with Gasteiger partial charge in [0.2, 0.25) is 11.8 Å². The van der Waals surface area contributed by atoms with E-state index in [0.717, 1.165) is 21.9 Å². The van der Waals surface area contributed by atoms with Gasteiger partial charge in [-0.05, 0) is 57.0 Å². The second-order valence-corrected chi connectivity index (χ2v) is 11.6. The number of para-hydroxylation sites is 1. The van der Waals surface area contributed by atoms with Gasteiger partial charge in [-0.15, -0.1) is 0 Å². The van der Waals surface area contributed by atoms with Crippen molar-refractivity contribution in [1.29, 1.82) is 0 Å². The van der Waals surface area contributed by atoms with Crippen LogP contribution in [0.5, 0.6) is 0 Å². The zero-order valence-electron chi connectivity index (χ0n) is 22.1. The van der Waals surface area contributed by atoms with E-state index in [1.807, 2.05) is 45.0 Å². The summed E-state index contributed by atoms with van der Waals surface area (Å²) in [5.74, 6) is -0.840. The molecule has 38 heavy (non-hydrogen) atoms. The van der Waals surface area contributed by atoms with Crippen molar-refractivity contribution in [2.75, 3.05) is 10.8 Å². The number of hydrogen-bond acceptors (Lipinski definition) is 4.